The molecule has 0 aromatic carbocycles. The first-order valence-electron chi connectivity index (χ1n) is 3.64. The second-order valence-corrected chi connectivity index (χ2v) is 3.07. The van der Waals surface area contributed by atoms with Gasteiger partial charge < -0.3 is 0 Å². The Morgan fingerprint density at radius 1 is 1.60 bits per heavy atom. The summed E-state index contributed by atoms with van der Waals surface area (Å²) in [7, 11) is 0. The number of pyridine rings is 1. The van der Waals surface area contributed by atoms with Crippen molar-refractivity contribution < 1.29 is 18.1 Å². The molecule has 0 aliphatic rings. The van der Waals surface area contributed by atoms with Crippen molar-refractivity contribution in [3.8, 4) is 0 Å². The minimum atomic E-state index is -3.14. The first kappa shape index (κ1) is 11.9. The lowest BCUT2D eigenvalue weighted by atomic mass is 10.1. The second-order valence-electron chi connectivity index (χ2n) is 2.51. The summed E-state index contributed by atoms with van der Waals surface area (Å²) in [5, 5.41) is 10.3. The number of hydrogen-bond donors (Lipinski definition) is 0. The smallest absolute Gasteiger partial charge is 0.258 e. The third-order valence-corrected chi connectivity index (χ3v) is 2.18. The van der Waals surface area contributed by atoms with E-state index in [0.717, 1.165) is 0 Å². The molecule has 15 heavy (non-hydrogen) atoms. The van der Waals surface area contributed by atoms with Crippen molar-refractivity contribution in [3.63, 3.8) is 0 Å². The molecule has 8 heteroatoms. The Labute approximate surface area is 90.4 Å². The van der Waals surface area contributed by atoms with Gasteiger partial charge in [0.15, 0.2) is 0 Å². The molecule has 1 aromatic heterocycles. The van der Waals surface area contributed by atoms with Crippen LogP contribution >= 0.6 is 15.9 Å². The Morgan fingerprint density at radius 2 is 2.20 bits per heavy atom. The lowest BCUT2D eigenvalue weighted by Gasteiger charge is -2.06. The SMILES string of the molecule is O=[N+]([O-])c1c(F)cnc(CBr)c1C(F)F. The highest BCUT2D eigenvalue weighted by atomic mass is 79.9. The van der Waals surface area contributed by atoms with E-state index in [9.17, 15) is 23.3 Å². The molecule has 0 amide bonds. The molecular formula is C7H4BrF3N2O2. The van der Waals surface area contributed by atoms with E-state index >= 15 is 0 Å². The van der Waals surface area contributed by atoms with Gasteiger partial charge >= 0.3 is 5.69 Å². The summed E-state index contributed by atoms with van der Waals surface area (Å²) in [4.78, 5) is 12.6. The molecule has 0 saturated carbocycles. The maximum Gasteiger partial charge on any atom is 0.317 e. The molecule has 0 fully saturated rings. The fourth-order valence-electron chi connectivity index (χ4n) is 1.05. The molecule has 0 aliphatic carbocycles. The van der Waals surface area contributed by atoms with Gasteiger partial charge in [0.1, 0.15) is 5.56 Å². The van der Waals surface area contributed by atoms with Crippen molar-refractivity contribution in [1.29, 1.82) is 0 Å². The lowest BCUT2D eigenvalue weighted by Crippen LogP contribution is -2.05. The second kappa shape index (κ2) is 4.56. The Morgan fingerprint density at radius 3 is 2.60 bits per heavy atom. The van der Waals surface area contributed by atoms with Gasteiger partial charge in [-0.15, -0.1) is 0 Å². The van der Waals surface area contributed by atoms with Crippen LogP contribution in [0.3, 0.4) is 0 Å². The van der Waals surface area contributed by atoms with Crippen LogP contribution in [0.15, 0.2) is 6.20 Å². The fraction of sp³-hybridized carbons (Fsp3) is 0.286. The summed E-state index contributed by atoms with van der Waals surface area (Å²) in [5.74, 6) is -1.36. The molecule has 0 bridgehead atoms. The predicted octanol–water partition coefficient (Wildman–Crippen LogP) is 2.96. The molecule has 82 valence electrons. The minimum absolute atomic E-state index is 0.103. The molecule has 0 saturated heterocycles. The molecule has 1 heterocycles. The van der Waals surface area contributed by atoms with Crippen LogP contribution in [0, 0.1) is 15.9 Å². The molecule has 0 spiro atoms. The van der Waals surface area contributed by atoms with Crippen molar-refractivity contribution in [3.05, 3.63) is 33.4 Å². The third-order valence-electron chi connectivity index (χ3n) is 1.65. The third kappa shape index (κ3) is 2.25. The maximum absolute atomic E-state index is 12.9. The topological polar surface area (TPSA) is 56.0 Å². The van der Waals surface area contributed by atoms with Crippen LogP contribution < -0.4 is 0 Å². The number of halogens is 4. The van der Waals surface area contributed by atoms with Crippen LogP contribution in [0.25, 0.3) is 0 Å². The average molecular weight is 285 g/mol. The molecule has 0 atom stereocenters. The number of nitrogens with zero attached hydrogens (tertiary/aromatic N) is 2. The van der Waals surface area contributed by atoms with Gasteiger partial charge in [-0.05, 0) is 0 Å². The number of hydrogen-bond acceptors (Lipinski definition) is 3. The van der Waals surface area contributed by atoms with Crippen LogP contribution in [-0.2, 0) is 5.33 Å². The highest BCUT2D eigenvalue weighted by molar-refractivity contribution is 9.08. The molecular weight excluding hydrogens is 281 g/mol. The van der Waals surface area contributed by atoms with E-state index in [2.05, 4.69) is 20.9 Å². The lowest BCUT2D eigenvalue weighted by molar-refractivity contribution is -0.389. The number of alkyl halides is 3. The zero-order valence-electron chi connectivity index (χ0n) is 7.08. The highest BCUT2D eigenvalue weighted by Gasteiger charge is 2.30. The van der Waals surface area contributed by atoms with Gasteiger partial charge in [0, 0.05) is 5.33 Å². The highest BCUT2D eigenvalue weighted by Crippen LogP contribution is 2.33. The van der Waals surface area contributed by atoms with E-state index in [0.29, 0.717) is 6.20 Å². The van der Waals surface area contributed by atoms with Gasteiger partial charge in [-0.25, -0.2) is 8.78 Å². The maximum atomic E-state index is 12.9. The normalized spacial score (nSPS) is 10.7. The van der Waals surface area contributed by atoms with Gasteiger partial charge in [0.2, 0.25) is 5.82 Å². The zero-order chi connectivity index (χ0) is 11.6. The Bertz CT molecular complexity index is 400. The average Bonchev–Trinajstić information content (AvgIpc) is 2.16. The quantitative estimate of drug-likeness (QED) is 0.487. The van der Waals surface area contributed by atoms with Crippen molar-refractivity contribution in [1.82, 2.24) is 4.98 Å². The van der Waals surface area contributed by atoms with Gasteiger partial charge in [-0.3, -0.25) is 15.1 Å². The van der Waals surface area contributed by atoms with Crippen LogP contribution in [0.1, 0.15) is 17.7 Å². The van der Waals surface area contributed by atoms with Crippen LogP contribution in [0.5, 0.6) is 0 Å². The minimum Gasteiger partial charge on any atom is -0.258 e. The van der Waals surface area contributed by atoms with Crippen molar-refractivity contribution >= 4 is 21.6 Å². The van der Waals surface area contributed by atoms with E-state index in [1.807, 2.05) is 0 Å². The molecule has 0 aliphatic heterocycles. The molecule has 0 radical (unpaired) electrons. The summed E-state index contributed by atoms with van der Waals surface area (Å²) < 4.78 is 37.9. The summed E-state index contributed by atoms with van der Waals surface area (Å²) in [6.45, 7) is 0. The van der Waals surface area contributed by atoms with E-state index in [1.165, 1.54) is 0 Å². The van der Waals surface area contributed by atoms with Gasteiger partial charge in [-0.1, -0.05) is 15.9 Å². The predicted molar refractivity (Wildman–Crippen MR) is 48.4 cm³/mol. The fourth-order valence-corrected chi connectivity index (χ4v) is 1.50. The standard InChI is InChI=1S/C7H4BrF3N2O2/c8-1-4-5(7(10)11)6(13(14)15)3(9)2-12-4/h2,7H,1H2. The van der Waals surface area contributed by atoms with E-state index in [4.69, 9.17) is 0 Å². The number of aromatic nitrogens is 1. The number of nitro groups is 1. The van der Waals surface area contributed by atoms with Crippen molar-refractivity contribution in [2.24, 2.45) is 0 Å². The van der Waals surface area contributed by atoms with E-state index < -0.39 is 28.4 Å². The summed E-state index contributed by atoms with van der Waals surface area (Å²) >= 11 is 2.84. The van der Waals surface area contributed by atoms with Crippen LogP contribution in [0.2, 0.25) is 0 Å². The Hall–Kier alpha value is -1.18. The monoisotopic (exact) mass is 284 g/mol. The summed E-state index contributed by atoms with van der Waals surface area (Å²) in [6.07, 6.45) is -2.58. The summed E-state index contributed by atoms with van der Waals surface area (Å²) in [5.41, 5.74) is -2.43. The first-order valence-corrected chi connectivity index (χ1v) is 4.77. The zero-order valence-corrected chi connectivity index (χ0v) is 8.67. The van der Waals surface area contributed by atoms with Crippen molar-refractivity contribution in [2.45, 2.75) is 11.8 Å². The molecule has 1 aromatic rings. The molecule has 0 unspecified atom stereocenters. The largest absolute Gasteiger partial charge is 0.317 e. The van der Waals surface area contributed by atoms with E-state index in [-0.39, 0.29) is 11.0 Å². The van der Waals surface area contributed by atoms with Crippen molar-refractivity contribution in [2.75, 3.05) is 0 Å². The van der Waals surface area contributed by atoms with Gasteiger partial charge in [-0.2, -0.15) is 4.39 Å². The van der Waals surface area contributed by atoms with Gasteiger partial charge in [0.05, 0.1) is 16.8 Å². The Balaban J connectivity index is 3.51. The van der Waals surface area contributed by atoms with Gasteiger partial charge in [0.25, 0.3) is 6.43 Å². The molecule has 4 nitrogen and oxygen atoms in total. The number of rotatable bonds is 3. The molecule has 0 N–H and O–H groups in total. The Kier molecular flexibility index (Phi) is 3.61. The summed E-state index contributed by atoms with van der Waals surface area (Å²) in [6, 6.07) is 0. The first-order chi connectivity index (χ1) is 6.99. The van der Waals surface area contributed by atoms with Crippen LogP contribution in [0.4, 0.5) is 18.9 Å². The molecule has 1 rings (SSSR count). The van der Waals surface area contributed by atoms with E-state index in [1.54, 1.807) is 0 Å². The van der Waals surface area contributed by atoms with Crippen LogP contribution in [-0.4, -0.2) is 9.91 Å².